The van der Waals surface area contributed by atoms with Gasteiger partial charge < -0.3 is 4.42 Å². The quantitative estimate of drug-likeness (QED) is 0.690. The van der Waals surface area contributed by atoms with Crippen LogP contribution in [-0.4, -0.2) is 0 Å². The summed E-state index contributed by atoms with van der Waals surface area (Å²) in [6, 6.07) is 17.0. The number of benzene rings is 2. The monoisotopic (exact) mass is 262 g/mol. The lowest BCUT2D eigenvalue weighted by atomic mass is 10.1. The summed E-state index contributed by atoms with van der Waals surface area (Å²) >= 11 is 0. The lowest BCUT2D eigenvalue weighted by Gasteiger charge is -1.98. The van der Waals surface area contributed by atoms with Gasteiger partial charge in [0.15, 0.2) is 5.43 Å². The van der Waals surface area contributed by atoms with Gasteiger partial charge in [-0.05, 0) is 30.7 Å². The molecule has 0 bridgehead atoms. The summed E-state index contributed by atoms with van der Waals surface area (Å²) in [5.74, 6) is 0.564. The van der Waals surface area contributed by atoms with E-state index in [9.17, 15) is 4.79 Å². The summed E-state index contributed by atoms with van der Waals surface area (Å²) in [6.07, 6.45) is 3.75. The van der Waals surface area contributed by atoms with Gasteiger partial charge in [0, 0.05) is 6.07 Å². The SMILES string of the molecule is Cc1ccc(/C=C/c2cc(=O)c3ccccc3o2)cc1. The summed E-state index contributed by atoms with van der Waals surface area (Å²) in [5.41, 5.74) is 2.89. The Kier molecular flexibility index (Phi) is 3.21. The molecule has 3 rings (SSSR count). The Balaban J connectivity index is 1.98. The summed E-state index contributed by atoms with van der Waals surface area (Å²) in [5, 5.41) is 0.611. The molecule has 0 saturated carbocycles. The Morgan fingerprint density at radius 1 is 0.950 bits per heavy atom. The molecule has 0 radical (unpaired) electrons. The third-order valence-corrected chi connectivity index (χ3v) is 3.17. The van der Waals surface area contributed by atoms with E-state index in [1.807, 2.05) is 36.4 Å². The highest BCUT2D eigenvalue weighted by Crippen LogP contribution is 2.14. The molecule has 0 aliphatic carbocycles. The third kappa shape index (κ3) is 2.54. The van der Waals surface area contributed by atoms with Crippen LogP contribution < -0.4 is 5.43 Å². The van der Waals surface area contributed by atoms with Gasteiger partial charge in [-0.2, -0.15) is 0 Å². The second-order valence-corrected chi connectivity index (χ2v) is 4.75. The Morgan fingerprint density at radius 3 is 2.50 bits per heavy atom. The van der Waals surface area contributed by atoms with Crippen molar-refractivity contribution in [3.05, 3.63) is 81.7 Å². The van der Waals surface area contributed by atoms with Crippen LogP contribution >= 0.6 is 0 Å². The lowest BCUT2D eigenvalue weighted by Crippen LogP contribution is -1.99. The van der Waals surface area contributed by atoms with E-state index in [1.54, 1.807) is 12.1 Å². The van der Waals surface area contributed by atoms with E-state index in [-0.39, 0.29) is 5.43 Å². The highest BCUT2D eigenvalue weighted by atomic mass is 16.3. The molecular weight excluding hydrogens is 248 g/mol. The van der Waals surface area contributed by atoms with Crippen LogP contribution in [0.15, 0.2) is 63.8 Å². The van der Waals surface area contributed by atoms with Crippen LogP contribution in [-0.2, 0) is 0 Å². The molecule has 0 unspecified atom stereocenters. The molecule has 0 N–H and O–H groups in total. The van der Waals surface area contributed by atoms with Gasteiger partial charge in [0.1, 0.15) is 11.3 Å². The maximum atomic E-state index is 12.0. The van der Waals surface area contributed by atoms with Crippen molar-refractivity contribution in [2.75, 3.05) is 0 Å². The van der Waals surface area contributed by atoms with Crippen LogP contribution in [0.2, 0.25) is 0 Å². The first-order chi connectivity index (χ1) is 9.72. The van der Waals surface area contributed by atoms with Gasteiger partial charge in [-0.25, -0.2) is 0 Å². The predicted molar refractivity (Wildman–Crippen MR) is 82.6 cm³/mol. The molecule has 0 fully saturated rings. The van der Waals surface area contributed by atoms with E-state index >= 15 is 0 Å². The minimum Gasteiger partial charge on any atom is -0.456 e. The van der Waals surface area contributed by atoms with Gasteiger partial charge in [-0.1, -0.05) is 48.0 Å². The van der Waals surface area contributed by atoms with Crippen molar-refractivity contribution in [2.45, 2.75) is 6.92 Å². The number of para-hydroxylation sites is 1. The standard InChI is InChI=1S/C18H14O2/c1-13-6-8-14(9-7-13)10-11-15-12-17(19)16-4-2-3-5-18(16)20-15/h2-12H,1H3/b11-10+. The van der Waals surface area contributed by atoms with Crippen LogP contribution in [0.4, 0.5) is 0 Å². The van der Waals surface area contributed by atoms with E-state index < -0.39 is 0 Å². The highest BCUT2D eigenvalue weighted by Gasteiger charge is 2.01. The second-order valence-electron chi connectivity index (χ2n) is 4.75. The molecule has 3 aromatic rings. The Morgan fingerprint density at radius 2 is 1.70 bits per heavy atom. The maximum absolute atomic E-state index is 12.0. The first-order valence-corrected chi connectivity index (χ1v) is 6.50. The van der Waals surface area contributed by atoms with Crippen molar-refractivity contribution in [2.24, 2.45) is 0 Å². The number of fused-ring (bicyclic) bond motifs is 1. The maximum Gasteiger partial charge on any atom is 0.193 e. The average Bonchev–Trinajstić information content (AvgIpc) is 2.47. The van der Waals surface area contributed by atoms with E-state index in [0.717, 1.165) is 5.56 Å². The first-order valence-electron chi connectivity index (χ1n) is 6.50. The molecule has 1 heterocycles. The Bertz CT molecular complexity index is 824. The minimum absolute atomic E-state index is 0.0181. The lowest BCUT2D eigenvalue weighted by molar-refractivity contribution is 0.591. The summed E-state index contributed by atoms with van der Waals surface area (Å²) in [7, 11) is 0. The second kappa shape index (κ2) is 5.17. The zero-order valence-electron chi connectivity index (χ0n) is 11.2. The molecule has 98 valence electrons. The molecule has 0 atom stereocenters. The van der Waals surface area contributed by atoms with Gasteiger partial charge in [0.05, 0.1) is 5.39 Å². The van der Waals surface area contributed by atoms with Crippen molar-refractivity contribution in [1.82, 2.24) is 0 Å². The zero-order chi connectivity index (χ0) is 13.9. The van der Waals surface area contributed by atoms with Gasteiger partial charge in [-0.15, -0.1) is 0 Å². The molecule has 1 aromatic heterocycles. The molecule has 2 aromatic carbocycles. The molecule has 0 amide bonds. The van der Waals surface area contributed by atoms with Crippen molar-refractivity contribution in [3.63, 3.8) is 0 Å². The summed E-state index contributed by atoms with van der Waals surface area (Å²) in [6.45, 7) is 2.05. The largest absolute Gasteiger partial charge is 0.456 e. The average molecular weight is 262 g/mol. The van der Waals surface area contributed by atoms with Crippen molar-refractivity contribution in [1.29, 1.82) is 0 Å². The molecule has 2 nitrogen and oxygen atoms in total. The third-order valence-electron chi connectivity index (χ3n) is 3.17. The molecule has 0 saturated heterocycles. The normalized spacial score (nSPS) is 11.2. The Hall–Kier alpha value is -2.61. The minimum atomic E-state index is -0.0181. The van der Waals surface area contributed by atoms with Crippen LogP contribution in [0.1, 0.15) is 16.9 Å². The summed E-state index contributed by atoms with van der Waals surface area (Å²) in [4.78, 5) is 12.0. The van der Waals surface area contributed by atoms with Gasteiger partial charge in [0.2, 0.25) is 0 Å². The highest BCUT2D eigenvalue weighted by molar-refractivity contribution is 5.78. The zero-order valence-corrected chi connectivity index (χ0v) is 11.2. The molecule has 0 aliphatic rings. The van der Waals surface area contributed by atoms with Crippen LogP contribution in [0.25, 0.3) is 23.1 Å². The van der Waals surface area contributed by atoms with Gasteiger partial charge in [0.25, 0.3) is 0 Å². The van der Waals surface area contributed by atoms with Crippen LogP contribution in [0.5, 0.6) is 0 Å². The molecule has 20 heavy (non-hydrogen) atoms. The molecule has 2 heteroatoms. The van der Waals surface area contributed by atoms with E-state index in [4.69, 9.17) is 4.42 Å². The van der Waals surface area contributed by atoms with Crippen molar-refractivity contribution < 1.29 is 4.42 Å². The van der Waals surface area contributed by atoms with E-state index in [2.05, 4.69) is 19.1 Å². The number of hydrogen-bond acceptors (Lipinski definition) is 2. The topological polar surface area (TPSA) is 30.2 Å². The number of rotatable bonds is 2. The van der Waals surface area contributed by atoms with E-state index in [0.29, 0.717) is 16.7 Å². The molecular formula is C18H14O2. The van der Waals surface area contributed by atoms with Crippen molar-refractivity contribution in [3.8, 4) is 0 Å². The van der Waals surface area contributed by atoms with E-state index in [1.165, 1.54) is 11.6 Å². The van der Waals surface area contributed by atoms with Crippen molar-refractivity contribution >= 4 is 23.1 Å². The smallest absolute Gasteiger partial charge is 0.193 e. The van der Waals surface area contributed by atoms with Gasteiger partial charge in [-0.3, -0.25) is 4.79 Å². The van der Waals surface area contributed by atoms with Crippen LogP contribution in [0, 0.1) is 6.92 Å². The fraction of sp³-hybridized carbons (Fsp3) is 0.0556. The molecule has 0 spiro atoms. The predicted octanol–water partition coefficient (Wildman–Crippen LogP) is 4.27. The fourth-order valence-electron chi connectivity index (χ4n) is 2.06. The first kappa shape index (κ1) is 12.4. The number of aryl methyl sites for hydroxylation is 1. The van der Waals surface area contributed by atoms with Crippen LogP contribution in [0.3, 0.4) is 0 Å². The number of hydrogen-bond donors (Lipinski definition) is 0. The summed E-state index contributed by atoms with van der Waals surface area (Å²) < 4.78 is 5.70. The fourth-order valence-corrected chi connectivity index (χ4v) is 2.06. The molecule has 0 aliphatic heterocycles. The Labute approximate surface area is 117 Å². The van der Waals surface area contributed by atoms with Gasteiger partial charge >= 0.3 is 0 Å².